The Balaban J connectivity index is 1.77. The van der Waals surface area contributed by atoms with E-state index in [0.29, 0.717) is 28.2 Å². The van der Waals surface area contributed by atoms with Crippen LogP contribution in [0.15, 0.2) is 70.7 Å². The Labute approximate surface area is 155 Å². The molecule has 1 aliphatic rings. The number of amides is 1. The van der Waals surface area contributed by atoms with Crippen LogP contribution < -0.4 is 10.6 Å². The van der Waals surface area contributed by atoms with E-state index in [-0.39, 0.29) is 12.5 Å². The first-order chi connectivity index (χ1) is 13.1. The van der Waals surface area contributed by atoms with E-state index in [1.807, 2.05) is 0 Å². The van der Waals surface area contributed by atoms with Crippen molar-refractivity contribution in [3.63, 3.8) is 0 Å². The summed E-state index contributed by atoms with van der Waals surface area (Å²) in [5.41, 5.74) is 1.65. The van der Waals surface area contributed by atoms with E-state index in [2.05, 4.69) is 16.7 Å². The second kappa shape index (κ2) is 8.06. The molecule has 136 valence electrons. The molecule has 7 nitrogen and oxygen atoms in total. The topological polar surface area (TPSA) is 104 Å². The van der Waals surface area contributed by atoms with Crippen LogP contribution in [0.25, 0.3) is 0 Å². The molecule has 27 heavy (non-hydrogen) atoms. The molecule has 1 atom stereocenters. The van der Waals surface area contributed by atoms with Gasteiger partial charge in [-0.1, -0.05) is 0 Å². The van der Waals surface area contributed by atoms with Crippen molar-refractivity contribution >= 4 is 11.9 Å². The molecule has 2 N–H and O–H groups in total. The Hall–Kier alpha value is -3.79. The first-order valence-electron chi connectivity index (χ1n) is 8.32. The maximum atomic E-state index is 12.6. The minimum atomic E-state index is -0.506. The third-order valence-corrected chi connectivity index (χ3v) is 3.97. The third-order valence-electron chi connectivity index (χ3n) is 3.97. The van der Waals surface area contributed by atoms with Crippen molar-refractivity contribution in [1.29, 1.82) is 5.26 Å². The molecule has 0 bridgehead atoms. The average Bonchev–Trinajstić information content (AvgIpc) is 3.22. The number of nitriles is 1. The largest absolute Gasteiger partial charge is 0.468 e. The van der Waals surface area contributed by atoms with Crippen LogP contribution in [0.3, 0.4) is 0 Å². The number of dihydropyridines is 1. The average molecular weight is 363 g/mol. The van der Waals surface area contributed by atoms with Gasteiger partial charge in [0.05, 0.1) is 36.0 Å². The van der Waals surface area contributed by atoms with Crippen LogP contribution in [0.1, 0.15) is 39.3 Å². The molecular formula is C20H17N3O4. The molecule has 0 aliphatic carbocycles. The number of nitrogens with one attached hydrogen (secondary N) is 2. The van der Waals surface area contributed by atoms with Gasteiger partial charge in [-0.2, -0.15) is 5.26 Å². The van der Waals surface area contributed by atoms with Gasteiger partial charge in [-0.25, -0.2) is 4.79 Å². The van der Waals surface area contributed by atoms with Gasteiger partial charge in [-0.3, -0.25) is 4.79 Å². The van der Waals surface area contributed by atoms with Gasteiger partial charge in [0, 0.05) is 23.7 Å². The summed E-state index contributed by atoms with van der Waals surface area (Å²) in [6.07, 6.45) is 4.69. The Morgan fingerprint density at radius 1 is 1.22 bits per heavy atom. The summed E-state index contributed by atoms with van der Waals surface area (Å²) >= 11 is 0. The molecule has 0 fully saturated rings. The Morgan fingerprint density at radius 3 is 2.59 bits per heavy atom. The first-order valence-corrected chi connectivity index (χ1v) is 8.32. The molecular weight excluding hydrogens is 346 g/mol. The SMILES string of the molecule is CCOC(=O)c1ccc(C(=O)NC2=CNC=C(C#N)C2c2ccco2)cc1. The number of allylic oxidation sites excluding steroid dienone is 1. The summed E-state index contributed by atoms with van der Waals surface area (Å²) in [5.74, 6) is -0.762. The van der Waals surface area contributed by atoms with Crippen LogP contribution in [0.4, 0.5) is 0 Å². The second-order valence-corrected chi connectivity index (χ2v) is 5.68. The summed E-state index contributed by atoms with van der Waals surface area (Å²) in [4.78, 5) is 24.3. The highest BCUT2D eigenvalue weighted by Gasteiger charge is 2.28. The number of benzene rings is 1. The molecule has 1 aromatic heterocycles. The van der Waals surface area contributed by atoms with Crippen LogP contribution in [-0.2, 0) is 4.74 Å². The van der Waals surface area contributed by atoms with Crippen molar-refractivity contribution < 1.29 is 18.7 Å². The molecule has 0 spiro atoms. The fourth-order valence-electron chi connectivity index (χ4n) is 2.70. The van der Waals surface area contributed by atoms with Crippen LogP contribution >= 0.6 is 0 Å². The van der Waals surface area contributed by atoms with Gasteiger partial charge in [0.15, 0.2) is 0 Å². The highest BCUT2D eigenvalue weighted by Crippen LogP contribution is 2.32. The number of rotatable bonds is 5. The lowest BCUT2D eigenvalue weighted by atomic mass is 9.92. The molecule has 1 amide bonds. The molecule has 2 heterocycles. The van der Waals surface area contributed by atoms with E-state index in [4.69, 9.17) is 9.15 Å². The van der Waals surface area contributed by atoms with Crippen LogP contribution in [-0.4, -0.2) is 18.5 Å². The number of furan rings is 1. The van der Waals surface area contributed by atoms with Gasteiger partial charge in [0.1, 0.15) is 5.76 Å². The minimum absolute atomic E-state index is 0.283. The summed E-state index contributed by atoms with van der Waals surface area (Å²) < 4.78 is 10.3. The lowest BCUT2D eigenvalue weighted by Crippen LogP contribution is -2.30. The number of ether oxygens (including phenoxy) is 1. The van der Waals surface area contributed by atoms with Gasteiger partial charge in [0.25, 0.3) is 5.91 Å². The van der Waals surface area contributed by atoms with E-state index < -0.39 is 11.9 Å². The van der Waals surface area contributed by atoms with Crippen molar-refractivity contribution in [2.75, 3.05) is 6.61 Å². The van der Waals surface area contributed by atoms with Gasteiger partial charge in [-0.15, -0.1) is 0 Å². The molecule has 7 heteroatoms. The van der Waals surface area contributed by atoms with Crippen molar-refractivity contribution in [3.05, 3.63) is 83.2 Å². The summed E-state index contributed by atoms with van der Waals surface area (Å²) in [6.45, 7) is 2.01. The van der Waals surface area contributed by atoms with Gasteiger partial charge >= 0.3 is 5.97 Å². The number of nitrogens with zero attached hydrogens (tertiary/aromatic N) is 1. The van der Waals surface area contributed by atoms with Crippen LogP contribution in [0.2, 0.25) is 0 Å². The van der Waals surface area contributed by atoms with Crippen molar-refractivity contribution in [2.24, 2.45) is 0 Å². The number of esters is 1. The number of hydrogen-bond acceptors (Lipinski definition) is 6. The van der Waals surface area contributed by atoms with Gasteiger partial charge in [-0.05, 0) is 43.3 Å². The van der Waals surface area contributed by atoms with Crippen molar-refractivity contribution in [3.8, 4) is 6.07 Å². The summed E-state index contributed by atoms with van der Waals surface area (Å²) in [6, 6.07) is 11.7. The zero-order valence-electron chi connectivity index (χ0n) is 14.6. The first kappa shape index (κ1) is 18.0. The van der Waals surface area contributed by atoms with E-state index >= 15 is 0 Å². The quantitative estimate of drug-likeness (QED) is 0.792. The predicted molar refractivity (Wildman–Crippen MR) is 96.2 cm³/mol. The lowest BCUT2D eigenvalue weighted by molar-refractivity contribution is 0.0526. The maximum Gasteiger partial charge on any atom is 0.338 e. The monoisotopic (exact) mass is 363 g/mol. The molecule has 3 rings (SSSR count). The van der Waals surface area contributed by atoms with E-state index in [0.717, 1.165) is 0 Å². The lowest BCUT2D eigenvalue weighted by Gasteiger charge is -2.22. The van der Waals surface area contributed by atoms with Crippen LogP contribution in [0.5, 0.6) is 0 Å². The zero-order valence-corrected chi connectivity index (χ0v) is 14.6. The Kier molecular flexibility index (Phi) is 5.38. The Bertz CT molecular complexity index is 935. The van der Waals surface area contributed by atoms with Gasteiger partial charge < -0.3 is 19.8 Å². The van der Waals surface area contributed by atoms with Crippen LogP contribution in [0, 0.1) is 11.3 Å². The molecule has 0 radical (unpaired) electrons. The fourth-order valence-corrected chi connectivity index (χ4v) is 2.70. The Morgan fingerprint density at radius 2 is 1.96 bits per heavy atom. The van der Waals surface area contributed by atoms with Crippen molar-refractivity contribution in [2.45, 2.75) is 12.8 Å². The minimum Gasteiger partial charge on any atom is -0.468 e. The second-order valence-electron chi connectivity index (χ2n) is 5.68. The van der Waals surface area contributed by atoms with Gasteiger partial charge in [0.2, 0.25) is 0 Å². The number of hydrogen-bond donors (Lipinski definition) is 2. The third kappa shape index (κ3) is 3.90. The highest BCUT2D eigenvalue weighted by molar-refractivity contribution is 5.97. The predicted octanol–water partition coefficient (Wildman–Crippen LogP) is 2.82. The molecule has 0 saturated carbocycles. The fraction of sp³-hybridized carbons (Fsp3) is 0.150. The normalized spacial score (nSPS) is 15.6. The standard InChI is InChI=1S/C20H17N3O4/c1-2-26-20(25)14-7-5-13(6-8-14)19(24)23-16-12-22-11-15(10-21)18(16)17-4-3-9-27-17/h3-9,11-12,18,22H,2H2,1H3,(H,23,24). The number of carbonyl (C=O) groups excluding carboxylic acids is 2. The summed E-state index contributed by atoms with van der Waals surface area (Å²) in [7, 11) is 0. The number of carbonyl (C=O) groups is 2. The van der Waals surface area contributed by atoms with Crippen molar-refractivity contribution in [1.82, 2.24) is 10.6 Å². The molecule has 1 unspecified atom stereocenters. The molecule has 1 aliphatic heterocycles. The van der Waals surface area contributed by atoms with E-state index in [1.54, 1.807) is 43.6 Å². The maximum absolute atomic E-state index is 12.6. The zero-order chi connectivity index (χ0) is 19.2. The molecule has 2 aromatic rings. The molecule has 0 saturated heterocycles. The van der Waals surface area contributed by atoms with E-state index in [1.165, 1.54) is 18.4 Å². The van der Waals surface area contributed by atoms with E-state index in [9.17, 15) is 14.9 Å². The highest BCUT2D eigenvalue weighted by atomic mass is 16.5. The smallest absolute Gasteiger partial charge is 0.338 e. The molecule has 1 aromatic carbocycles. The summed E-state index contributed by atoms with van der Waals surface area (Å²) in [5, 5.41) is 15.0.